The van der Waals surface area contributed by atoms with Gasteiger partial charge in [-0.3, -0.25) is 9.88 Å². The van der Waals surface area contributed by atoms with Crippen molar-refractivity contribution >= 4 is 20.2 Å². The van der Waals surface area contributed by atoms with Crippen LogP contribution in [0.2, 0.25) is 0 Å². The number of hydrogen-bond acceptors (Lipinski definition) is 11. The summed E-state index contributed by atoms with van der Waals surface area (Å²) in [7, 11) is -8.15. The molecule has 0 aliphatic rings. The molecule has 42 heavy (non-hydrogen) atoms. The Balaban J connectivity index is 0. The Morgan fingerprint density at radius 1 is 0.810 bits per heavy atom. The first kappa shape index (κ1) is 41.1. The van der Waals surface area contributed by atoms with Gasteiger partial charge in [0, 0.05) is 58.5 Å². The minimum atomic E-state index is -6.09. The van der Waals surface area contributed by atoms with Crippen LogP contribution in [0.3, 0.4) is 0 Å². The summed E-state index contributed by atoms with van der Waals surface area (Å²) in [5.41, 5.74) is -10.2. The Bertz CT molecular complexity index is 1370. The van der Waals surface area contributed by atoms with Crippen LogP contribution in [0.5, 0.6) is 0 Å². The zero-order valence-electron chi connectivity index (χ0n) is 21.8. The molecule has 3 heterocycles. The Morgan fingerprint density at radius 3 is 1.40 bits per heavy atom. The molecule has 0 saturated carbocycles. The summed E-state index contributed by atoms with van der Waals surface area (Å²) in [4.78, 5) is 15.6. The predicted molar refractivity (Wildman–Crippen MR) is 126 cm³/mol. The molecule has 13 nitrogen and oxygen atoms in total. The monoisotopic (exact) mass is 691 g/mol. The molecule has 0 saturated heterocycles. The number of halogens is 6. The van der Waals surface area contributed by atoms with Crippen molar-refractivity contribution in [3.63, 3.8) is 0 Å². The van der Waals surface area contributed by atoms with Crippen LogP contribution in [0.25, 0.3) is 0 Å². The summed E-state index contributed by atoms with van der Waals surface area (Å²) in [6.07, 6.45) is 9.42. The van der Waals surface area contributed by atoms with Gasteiger partial charge in [0.25, 0.3) is 0 Å². The van der Waals surface area contributed by atoms with Crippen molar-refractivity contribution < 1.29 is 69.4 Å². The number of hydrogen-bond donors (Lipinski definition) is 0. The van der Waals surface area contributed by atoms with Crippen molar-refractivity contribution in [2.45, 2.75) is 37.6 Å². The van der Waals surface area contributed by atoms with Crippen LogP contribution in [0.15, 0.2) is 49.2 Å². The smallest absolute Gasteiger partial charge is 0.741 e. The van der Waals surface area contributed by atoms with Gasteiger partial charge >= 0.3 is 28.1 Å². The second-order valence-corrected chi connectivity index (χ2v) is 10.1. The average Bonchev–Trinajstić information content (AvgIpc) is 3.41. The molecule has 0 aliphatic heterocycles. The van der Waals surface area contributed by atoms with E-state index in [0.717, 1.165) is 37.0 Å². The van der Waals surface area contributed by atoms with E-state index >= 15 is 0 Å². The number of aryl methyl sites for hydroxylation is 2. The summed E-state index contributed by atoms with van der Waals surface area (Å²) in [5.74, 6) is 2.07. The first-order chi connectivity index (χ1) is 18.6. The minimum Gasteiger partial charge on any atom is -0.741 e. The van der Waals surface area contributed by atoms with E-state index in [2.05, 4.69) is 19.9 Å². The van der Waals surface area contributed by atoms with Gasteiger partial charge in [0.15, 0.2) is 20.2 Å². The van der Waals surface area contributed by atoms with Crippen LogP contribution in [0.1, 0.15) is 24.3 Å². The molecule has 1 radical (unpaired) electrons. The van der Waals surface area contributed by atoms with Crippen molar-refractivity contribution in [3.8, 4) is 6.07 Å². The fraction of sp³-hybridized carbons (Fsp3) is 0.400. The van der Waals surface area contributed by atoms with Crippen molar-refractivity contribution in [1.82, 2.24) is 29.0 Å². The molecule has 0 unspecified atom stereocenters. The second kappa shape index (κ2) is 17.8. The van der Waals surface area contributed by atoms with Crippen LogP contribution in [0.4, 0.5) is 26.3 Å². The molecular formula is C20H23F6FeN7O6S2+. The Hall–Kier alpha value is -3.06. The molecule has 3 aromatic rings. The molecule has 0 amide bonds. The van der Waals surface area contributed by atoms with E-state index in [0.29, 0.717) is 0 Å². The maximum Gasteiger partial charge on any atom is 3.00 e. The molecule has 0 spiro atoms. The van der Waals surface area contributed by atoms with E-state index in [1.165, 1.54) is 6.92 Å². The van der Waals surface area contributed by atoms with Gasteiger partial charge < -0.3 is 18.2 Å². The van der Waals surface area contributed by atoms with Gasteiger partial charge in [-0.05, 0) is 12.1 Å². The van der Waals surface area contributed by atoms with Crippen LogP contribution in [-0.2, 0) is 71.0 Å². The normalized spacial score (nSPS) is 11.4. The van der Waals surface area contributed by atoms with E-state index in [4.69, 9.17) is 31.2 Å². The average molecular weight is 691 g/mol. The van der Waals surface area contributed by atoms with Crippen molar-refractivity contribution in [1.29, 1.82) is 5.26 Å². The van der Waals surface area contributed by atoms with Crippen LogP contribution in [-0.4, -0.2) is 65.9 Å². The van der Waals surface area contributed by atoms with Crippen LogP contribution < -0.4 is 0 Å². The Labute approximate surface area is 247 Å². The number of imidazole rings is 2. The molecule has 0 aromatic carbocycles. The number of nitriles is 1. The van der Waals surface area contributed by atoms with E-state index < -0.39 is 31.3 Å². The van der Waals surface area contributed by atoms with Crippen LogP contribution >= 0.6 is 0 Å². The third-order valence-electron chi connectivity index (χ3n) is 4.25. The molecular weight excluding hydrogens is 668 g/mol. The Kier molecular flexibility index (Phi) is 17.4. The fourth-order valence-electron chi connectivity index (χ4n) is 2.39. The first-order valence-corrected chi connectivity index (χ1v) is 13.4. The molecule has 0 aliphatic carbocycles. The minimum absolute atomic E-state index is 0. The zero-order chi connectivity index (χ0) is 32.1. The number of nitrogens with zero attached hydrogens (tertiary/aromatic N) is 7. The number of alkyl halides is 6. The molecule has 0 bridgehead atoms. The molecule has 0 fully saturated rings. The van der Waals surface area contributed by atoms with E-state index in [9.17, 15) is 26.3 Å². The van der Waals surface area contributed by atoms with Gasteiger partial charge in [0.1, 0.15) is 11.6 Å². The maximum absolute atomic E-state index is 10.7. The number of aromatic nitrogens is 5. The van der Waals surface area contributed by atoms with Crippen molar-refractivity contribution in [2.75, 3.05) is 0 Å². The number of pyridine rings is 1. The van der Waals surface area contributed by atoms with Gasteiger partial charge in [-0.25, -0.2) is 26.8 Å². The van der Waals surface area contributed by atoms with Gasteiger partial charge in [-0.15, -0.1) is 0 Å². The largest absolute Gasteiger partial charge is 3.00 e. The molecule has 0 atom stereocenters. The standard InChI is InChI=1S/C16H20N6.C2H3N.2CHF3O3S.Fe/c1-20-9-7-18-15(20)12-22(11-14-5-3-4-6-17-14)13-16-19-8-10-21(16)2;1-2-3;2*2-1(3,4)8(5,6)7;/h3-10H,11-13H2,1-2H3;1H3;2*(H,5,6,7);/q;;;;+3/p-2. The summed E-state index contributed by atoms with van der Waals surface area (Å²) in [6, 6.07) is 7.75. The maximum atomic E-state index is 10.7. The topological polar surface area (TPSA) is 190 Å². The molecule has 3 aromatic heterocycles. The predicted octanol–water partition coefficient (Wildman–Crippen LogP) is 2.38. The van der Waals surface area contributed by atoms with E-state index in [1.54, 1.807) is 6.07 Å². The van der Waals surface area contributed by atoms with E-state index in [-0.39, 0.29) is 17.1 Å². The molecule has 0 N–H and O–H groups in total. The van der Waals surface area contributed by atoms with E-state index in [1.807, 2.05) is 72.4 Å². The molecule has 22 heteroatoms. The quantitative estimate of drug-likeness (QED) is 0.160. The number of rotatable bonds is 6. The third kappa shape index (κ3) is 15.8. The van der Waals surface area contributed by atoms with Gasteiger partial charge in [-0.1, -0.05) is 6.07 Å². The molecule has 3 rings (SSSR count). The van der Waals surface area contributed by atoms with Gasteiger partial charge in [0.05, 0.1) is 24.9 Å². The SMILES string of the molecule is CC#N.Cn1ccnc1CN(Cc1ccccn1)Cc1nccn1C.O=S(=O)([O-])C(F)(F)F.O=S(=O)([O-])C(F)(F)F.[Fe+3]. The Morgan fingerprint density at radius 2 is 1.17 bits per heavy atom. The molecule has 235 valence electrons. The van der Waals surface area contributed by atoms with Gasteiger partial charge in [0.2, 0.25) is 0 Å². The fourth-order valence-corrected chi connectivity index (χ4v) is 2.39. The summed E-state index contributed by atoms with van der Waals surface area (Å²) in [6.45, 7) is 3.71. The summed E-state index contributed by atoms with van der Waals surface area (Å²) >= 11 is 0. The first-order valence-electron chi connectivity index (χ1n) is 10.5. The van der Waals surface area contributed by atoms with Crippen LogP contribution in [0, 0.1) is 11.3 Å². The second-order valence-electron chi connectivity index (χ2n) is 7.40. The summed E-state index contributed by atoms with van der Waals surface area (Å²) < 4.78 is 122. The van der Waals surface area contributed by atoms with Crippen molar-refractivity contribution in [3.05, 3.63) is 66.5 Å². The van der Waals surface area contributed by atoms with Gasteiger partial charge in [-0.2, -0.15) is 31.6 Å². The summed E-state index contributed by atoms with van der Waals surface area (Å²) in [5, 5.41) is 7.32. The third-order valence-corrected chi connectivity index (χ3v) is 5.38. The zero-order valence-corrected chi connectivity index (χ0v) is 24.5. The van der Waals surface area contributed by atoms with Crippen molar-refractivity contribution in [2.24, 2.45) is 14.1 Å².